The summed E-state index contributed by atoms with van der Waals surface area (Å²) in [5.41, 5.74) is 0.636. The van der Waals surface area contributed by atoms with Crippen LogP contribution in [-0.2, 0) is 4.79 Å². The molecule has 0 unspecified atom stereocenters. The standard InChI is InChI=1S/C13H13N5O/c1-2-5-14-9-13(19)17-11-3-4-12(16-8-11)18-7-6-15-10-18/h1,3-4,6-8,10,14H,5,9H2,(H,17,19). The molecule has 0 bridgehead atoms. The van der Waals surface area contributed by atoms with Crippen LogP contribution in [-0.4, -0.2) is 33.5 Å². The first-order valence-corrected chi connectivity index (χ1v) is 5.68. The molecule has 0 aliphatic heterocycles. The van der Waals surface area contributed by atoms with Crippen LogP contribution in [0.4, 0.5) is 5.69 Å². The van der Waals surface area contributed by atoms with Gasteiger partial charge in [-0.3, -0.25) is 14.7 Å². The molecular weight excluding hydrogens is 242 g/mol. The van der Waals surface area contributed by atoms with Crippen molar-refractivity contribution in [2.75, 3.05) is 18.4 Å². The number of pyridine rings is 1. The zero-order chi connectivity index (χ0) is 13.5. The van der Waals surface area contributed by atoms with E-state index >= 15 is 0 Å². The van der Waals surface area contributed by atoms with Gasteiger partial charge in [0, 0.05) is 12.4 Å². The van der Waals surface area contributed by atoms with Crippen molar-refractivity contribution >= 4 is 11.6 Å². The molecule has 96 valence electrons. The van der Waals surface area contributed by atoms with Crippen molar-refractivity contribution in [2.24, 2.45) is 0 Å². The highest BCUT2D eigenvalue weighted by atomic mass is 16.1. The number of aromatic nitrogens is 3. The van der Waals surface area contributed by atoms with Gasteiger partial charge < -0.3 is 5.32 Å². The first kappa shape index (κ1) is 12.8. The summed E-state index contributed by atoms with van der Waals surface area (Å²) in [6.07, 6.45) is 11.8. The van der Waals surface area contributed by atoms with E-state index in [-0.39, 0.29) is 12.5 Å². The van der Waals surface area contributed by atoms with Crippen molar-refractivity contribution < 1.29 is 4.79 Å². The molecule has 2 N–H and O–H groups in total. The van der Waals surface area contributed by atoms with E-state index in [2.05, 4.69) is 26.5 Å². The average Bonchev–Trinajstić information content (AvgIpc) is 2.94. The number of carbonyl (C=O) groups excluding carboxylic acids is 1. The number of amides is 1. The normalized spacial score (nSPS) is 9.84. The van der Waals surface area contributed by atoms with E-state index in [1.165, 1.54) is 0 Å². The predicted molar refractivity (Wildman–Crippen MR) is 71.7 cm³/mol. The van der Waals surface area contributed by atoms with Crippen molar-refractivity contribution in [3.63, 3.8) is 0 Å². The number of nitrogens with zero attached hydrogens (tertiary/aromatic N) is 3. The molecule has 2 heterocycles. The molecular formula is C13H13N5O. The van der Waals surface area contributed by atoms with Gasteiger partial charge in [0.05, 0.1) is 25.0 Å². The second-order valence-corrected chi connectivity index (χ2v) is 3.73. The van der Waals surface area contributed by atoms with Crippen LogP contribution >= 0.6 is 0 Å². The van der Waals surface area contributed by atoms with E-state index in [1.54, 1.807) is 41.6 Å². The third-order valence-corrected chi connectivity index (χ3v) is 2.31. The quantitative estimate of drug-likeness (QED) is 0.600. The molecule has 6 heteroatoms. The van der Waals surface area contributed by atoms with E-state index in [0.29, 0.717) is 12.2 Å². The van der Waals surface area contributed by atoms with Gasteiger partial charge in [0.2, 0.25) is 5.91 Å². The Balaban J connectivity index is 1.92. The van der Waals surface area contributed by atoms with Gasteiger partial charge in [0.1, 0.15) is 12.1 Å². The summed E-state index contributed by atoms with van der Waals surface area (Å²) in [4.78, 5) is 19.7. The molecule has 0 saturated carbocycles. The summed E-state index contributed by atoms with van der Waals surface area (Å²) in [5.74, 6) is 2.98. The second kappa shape index (κ2) is 6.33. The monoisotopic (exact) mass is 255 g/mol. The van der Waals surface area contributed by atoms with Gasteiger partial charge in [-0.2, -0.15) is 0 Å². The Morgan fingerprint density at radius 3 is 3.00 bits per heavy atom. The van der Waals surface area contributed by atoms with Crippen molar-refractivity contribution in [3.8, 4) is 18.2 Å². The van der Waals surface area contributed by atoms with Crippen LogP contribution in [0.25, 0.3) is 5.82 Å². The minimum Gasteiger partial charge on any atom is -0.324 e. The van der Waals surface area contributed by atoms with E-state index in [0.717, 1.165) is 5.82 Å². The van der Waals surface area contributed by atoms with Crippen LogP contribution < -0.4 is 10.6 Å². The third kappa shape index (κ3) is 3.66. The number of imidazole rings is 1. The van der Waals surface area contributed by atoms with E-state index in [4.69, 9.17) is 6.42 Å². The minimum atomic E-state index is -0.160. The molecule has 0 aromatic carbocycles. The SMILES string of the molecule is C#CCNCC(=O)Nc1ccc(-n2ccnc2)nc1. The van der Waals surface area contributed by atoms with Crippen LogP contribution in [0, 0.1) is 12.3 Å². The zero-order valence-corrected chi connectivity index (χ0v) is 10.2. The summed E-state index contributed by atoms with van der Waals surface area (Å²) in [5, 5.41) is 5.52. The van der Waals surface area contributed by atoms with Crippen LogP contribution in [0.5, 0.6) is 0 Å². The largest absolute Gasteiger partial charge is 0.324 e. The lowest BCUT2D eigenvalue weighted by Crippen LogP contribution is -2.28. The van der Waals surface area contributed by atoms with Crippen molar-refractivity contribution in [3.05, 3.63) is 37.1 Å². The Labute approximate surface area is 110 Å². The van der Waals surface area contributed by atoms with Crippen molar-refractivity contribution in [2.45, 2.75) is 0 Å². The lowest BCUT2D eigenvalue weighted by molar-refractivity contribution is -0.115. The maximum Gasteiger partial charge on any atom is 0.238 e. The van der Waals surface area contributed by atoms with Gasteiger partial charge in [-0.05, 0) is 12.1 Å². The molecule has 0 fully saturated rings. The topological polar surface area (TPSA) is 71.8 Å². The number of terminal acetylenes is 1. The molecule has 6 nitrogen and oxygen atoms in total. The highest BCUT2D eigenvalue weighted by molar-refractivity contribution is 5.92. The number of anilines is 1. The first-order valence-electron chi connectivity index (χ1n) is 5.68. The van der Waals surface area contributed by atoms with Gasteiger partial charge in [0.25, 0.3) is 0 Å². The van der Waals surface area contributed by atoms with Gasteiger partial charge in [-0.15, -0.1) is 6.42 Å². The lowest BCUT2D eigenvalue weighted by Gasteiger charge is -2.06. The number of carbonyl (C=O) groups is 1. The summed E-state index contributed by atoms with van der Waals surface area (Å²) in [6.45, 7) is 0.540. The van der Waals surface area contributed by atoms with Crippen molar-refractivity contribution in [1.29, 1.82) is 0 Å². The first-order chi connectivity index (χ1) is 9.29. The fourth-order valence-corrected chi connectivity index (χ4v) is 1.46. The Hall–Kier alpha value is -2.65. The summed E-state index contributed by atoms with van der Waals surface area (Å²) < 4.78 is 1.78. The number of nitrogens with one attached hydrogen (secondary N) is 2. The summed E-state index contributed by atoms with van der Waals surface area (Å²) >= 11 is 0. The highest BCUT2D eigenvalue weighted by Crippen LogP contribution is 2.09. The molecule has 0 spiro atoms. The molecule has 2 aromatic rings. The Bertz CT molecular complexity index is 568. The predicted octanol–water partition coefficient (Wildman–Crippen LogP) is 0.429. The molecule has 0 radical (unpaired) electrons. The molecule has 0 saturated heterocycles. The average molecular weight is 255 g/mol. The van der Waals surface area contributed by atoms with E-state index in [9.17, 15) is 4.79 Å². The van der Waals surface area contributed by atoms with Gasteiger partial charge in [0.15, 0.2) is 0 Å². The van der Waals surface area contributed by atoms with Gasteiger partial charge in [-0.25, -0.2) is 9.97 Å². The zero-order valence-electron chi connectivity index (χ0n) is 10.2. The Kier molecular flexibility index (Phi) is 4.26. The van der Waals surface area contributed by atoms with Gasteiger partial charge in [-0.1, -0.05) is 5.92 Å². The Morgan fingerprint density at radius 1 is 1.47 bits per heavy atom. The van der Waals surface area contributed by atoms with E-state index < -0.39 is 0 Å². The van der Waals surface area contributed by atoms with Crippen LogP contribution in [0.15, 0.2) is 37.1 Å². The fourth-order valence-electron chi connectivity index (χ4n) is 1.46. The number of hydrogen-bond donors (Lipinski definition) is 2. The van der Waals surface area contributed by atoms with Gasteiger partial charge >= 0.3 is 0 Å². The fraction of sp³-hybridized carbons (Fsp3) is 0.154. The Morgan fingerprint density at radius 2 is 2.37 bits per heavy atom. The second-order valence-electron chi connectivity index (χ2n) is 3.73. The molecule has 2 rings (SSSR count). The summed E-state index contributed by atoms with van der Waals surface area (Å²) in [7, 11) is 0. The van der Waals surface area contributed by atoms with Crippen molar-refractivity contribution in [1.82, 2.24) is 19.9 Å². The molecule has 1 amide bonds. The minimum absolute atomic E-state index is 0.160. The third-order valence-electron chi connectivity index (χ3n) is 2.31. The highest BCUT2D eigenvalue weighted by Gasteiger charge is 2.02. The van der Waals surface area contributed by atoms with Crippen LogP contribution in [0.2, 0.25) is 0 Å². The van der Waals surface area contributed by atoms with Crippen LogP contribution in [0.3, 0.4) is 0 Å². The molecule has 0 aliphatic carbocycles. The molecule has 19 heavy (non-hydrogen) atoms. The maximum absolute atomic E-state index is 11.5. The van der Waals surface area contributed by atoms with Crippen LogP contribution in [0.1, 0.15) is 0 Å². The molecule has 0 atom stereocenters. The maximum atomic E-state index is 11.5. The smallest absolute Gasteiger partial charge is 0.238 e. The molecule has 2 aromatic heterocycles. The summed E-state index contributed by atoms with van der Waals surface area (Å²) in [6, 6.07) is 3.58. The number of hydrogen-bond acceptors (Lipinski definition) is 4. The number of rotatable bonds is 5. The molecule has 0 aliphatic rings. The van der Waals surface area contributed by atoms with E-state index in [1.807, 2.05) is 0 Å². The lowest BCUT2D eigenvalue weighted by atomic mass is 10.4.